The standard InChI is InChI=1S/C20H22ClN3O4/c1-4-5-11-24-17-16(7-6-10-22-17)28-20(2,19(24)26)18(25)23-13-8-9-15(27-3)14(21)12-13/h6-10,12H,4-5,11H2,1-3H3,(H,23,25)/t20-/m1/s1. The molecule has 1 N–H and O–H groups in total. The number of anilines is 2. The molecule has 1 aliphatic heterocycles. The van der Waals surface area contributed by atoms with E-state index in [4.69, 9.17) is 21.1 Å². The van der Waals surface area contributed by atoms with Crippen LogP contribution in [0.2, 0.25) is 5.02 Å². The van der Waals surface area contributed by atoms with Gasteiger partial charge < -0.3 is 14.8 Å². The number of carbonyl (C=O) groups is 2. The molecular formula is C20H22ClN3O4. The molecule has 0 saturated heterocycles. The number of hydrogen-bond acceptors (Lipinski definition) is 5. The van der Waals surface area contributed by atoms with Crippen LogP contribution < -0.4 is 19.7 Å². The number of hydrogen-bond donors (Lipinski definition) is 1. The first-order valence-corrected chi connectivity index (χ1v) is 9.39. The van der Waals surface area contributed by atoms with E-state index in [1.165, 1.54) is 18.9 Å². The van der Waals surface area contributed by atoms with Crippen LogP contribution in [0.3, 0.4) is 0 Å². The lowest BCUT2D eigenvalue weighted by Crippen LogP contribution is -2.61. The second kappa shape index (κ2) is 8.06. The molecule has 0 saturated carbocycles. The fraction of sp³-hybridized carbons (Fsp3) is 0.350. The number of fused-ring (bicyclic) bond motifs is 1. The number of rotatable bonds is 6. The van der Waals surface area contributed by atoms with Crippen molar-refractivity contribution >= 4 is 34.9 Å². The summed E-state index contributed by atoms with van der Waals surface area (Å²) in [5.41, 5.74) is -1.29. The number of ether oxygens (including phenoxy) is 2. The minimum Gasteiger partial charge on any atom is -0.495 e. The molecule has 3 rings (SSSR count). The van der Waals surface area contributed by atoms with Crippen LogP contribution in [0.15, 0.2) is 36.5 Å². The van der Waals surface area contributed by atoms with Crippen molar-refractivity contribution in [3.63, 3.8) is 0 Å². The summed E-state index contributed by atoms with van der Waals surface area (Å²) in [6.07, 6.45) is 3.28. The molecule has 0 bridgehead atoms. The van der Waals surface area contributed by atoms with Crippen LogP contribution in [0.25, 0.3) is 0 Å². The molecule has 0 fully saturated rings. The first-order chi connectivity index (χ1) is 13.4. The first kappa shape index (κ1) is 19.9. The highest BCUT2D eigenvalue weighted by atomic mass is 35.5. The maximum Gasteiger partial charge on any atom is 0.282 e. The van der Waals surface area contributed by atoms with Crippen LogP contribution in [0.1, 0.15) is 26.7 Å². The Labute approximate surface area is 168 Å². The average molecular weight is 404 g/mol. The van der Waals surface area contributed by atoms with Crippen molar-refractivity contribution in [3.05, 3.63) is 41.6 Å². The minimum absolute atomic E-state index is 0.348. The number of aromatic nitrogens is 1. The van der Waals surface area contributed by atoms with Crippen LogP contribution in [-0.2, 0) is 9.59 Å². The molecule has 2 aromatic rings. The molecule has 0 radical (unpaired) electrons. The summed E-state index contributed by atoms with van der Waals surface area (Å²) in [5.74, 6) is 0.267. The van der Waals surface area contributed by atoms with Crippen LogP contribution in [0.4, 0.5) is 11.5 Å². The number of amides is 2. The molecule has 1 aromatic heterocycles. The van der Waals surface area contributed by atoms with Gasteiger partial charge in [-0.3, -0.25) is 14.5 Å². The third-order valence-corrected chi connectivity index (χ3v) is 4.85. The number of benzene rings is 1. The Morgan fingerprint density at radius 2 is 2.18 bits per heavy atom. The van der Waals surface area contributed by atoms with E-state index in [1.807, 2.05) is 6.92 Å². The molecule has 0 spiro atoms. The monoisotopic (exact) mass is 403 g/mol. The summed E-state index contributed by atoms with van der Waals surface area (Å²) in [4.78, 5) is 32.0. The van der Waals surface area contributed by atoms with Crippen LogP contribution >= 0.6 is 11.6 Å². The summed E-state index contributed by atoms with van der Waals surface area (Å²) >= 11 is 6.12. The third kappa shape index (κ3) is 3.62. The molecule has 2 heterocycles. The Morgan fingerprint density at radius 3 is 2.86 bits per heavy atom. The molecule has 28 heavy (non-hydrogen) atoms. The normalized spacial score (nSPS) is 18.3. The lowest BCUT2D eigenvalue weighted by Gasteiger charge is -2.38. The largest absolute Gasteiger partial charge is 0.495 e. The Kier molecular flexibility index (Phi) is 5.74. The highest BCUT2D eigenvalue weighted by Crippen LogP contribution is 2.37. The molecule has 2 amide bonds. The van der Waals surface area contributed by atoms with Gasteiger partial charge in [0.25, 0.3) is 17.4 Å². The van der Waals surface area contributed by atoms with Crippen LogP contribution in [0, 0.1) is 0 Å². The molecular weight excluding hydrogens is 382 g/mol. The SMILES string of the molecule is CCCCN1C(=O)[C@@](C)(C(=O)Nc2ccc(OC)c(Cl)c2)Oc2cccnc21. The molecule has 8 heteroatoms. The number of methoxy groups -OCH3 is 1. The highest BCUT2D eigenvalue weighted by molar-refractivity contribution is 6.32. The summed E-state index contributed by atoms with van der Waals surface area (Å²) in [5, 5.41) is 3.06. The number of nitrogens with one attached hydrogen (secondary N) is 1. The predicted octanol–water partition coefficient (Wildman–Crippen LogP) is 3.67. The van der Waals surface area contributed by atoms with Gasteiger partial charge in [-0.25, -0.2) is 4.98 Å². The summed E-state index contributed by atoms with van der Waals surface area (Å²) in [6.45, 7) is 3.95. The van der Waals surface area contributed by atoms with Crippen molar-refractivity contribution in [1.82, 2.24) is 4.98 Å². The van der Waals surface area contributed by atoms with E-state index in [2.05, 4.69) is 10.3 Å². The Balaban J connectivity index is 1.90. The van der Waals surface area contributed by atoms with E-state index in [0.717, 1.165) is 12.8 Å². The van der Waals surface area contributed by atoms with Gasteiger partial charge in [0.1, 0.15) is 5.75 Å². The topological polar surface area (TPSA) is 80.8 Å². The maximum atomic E-state index is 13.2. The van der Waals surface area contributed by atoms with Gasteiger partial charge in [-0.05, 0) is 43.7 Å². The molecule has 0 unspecified atom stereocenters. The predicted molar refractivity (Wildman–Crippen MR) is 107 cm³/mol. The Bertz CT molecular complexity index is 905. The van der Waals surface area contributed by atoms with E-state index in [0.29, 0.717) is 34.6 Å². The van der Waals surface area contributed by atoms with Gasteiger partial charge in [0.05, 0.1) is 12.1 Å². The maximum absolute atomic E-state index is 13.2. The molecule has 1 atom stereocenters. The zero-order valence-electron chi connectivity index (χ0n) is 16.0. The minimum atomic E-state index is -1.73. The number of carbonyl (C=O) groups excluding carboxylic acids is 2. The zero-order valence-corrected chi connectivity index (χ0v) is 16.7. The van der Waals surface area contributed by atoms with Crippen molar-refractivity contribution in [2.45, 2.75) is 32.3 Å². The van der Waals surface area contributed by atoms with Crippen LogP contribution in [-0.4, -0.2) is 36.1 Å². The summed E-state index contributed by atoms with van der Waals surface area (Å²) in [7, 11) is 1.51. The second-order valence-electron chi connectivity index (χ2n) is 6.57. The number of unbranched alkanes of at least 4 members (excludes halogenated alkanes) is 1. The smallest absolute Gasteiger partial charge is 0.282 e. The van der Waals surface area contributed by atoms with Crippen molar-refractivity contribution in [1.29, 1.82) is 0 Å². The van der Waals surface area contributed by atoms with Gasteiger partial charge in [-0.15, -0.1) is 0 Å². The highest BCUT2D eigenvalue weighted by Gasteiger charge is 2.51. The Morgan fingerprint density at radius 1 is 1.39 bits per heavy atom. The van der Waals surface area contributed by atoms with Crippen molar-refractivity contribution < 1.29 is 19.1 Å². The lowest BCUT2D eigenvalue weighted by molar-refractivity contribution is -0.145. The van der Waals surface area contributed by atoms with E-state index >= 15 is 0 Å². The van der Waals surface area contributed by atoms with Gasteiger partial charge in [0, 0.05) is 18.4 Å². The second-order valence-corrected chi connectivity index (χ2v) is 6.98. The van der Waals surface area contributed by atoms with Gasteiger partial charge in [-0.1, -0.05) is 24.9 Å². The molecule has 1 aliphatic rings. The van der Waals surface area contributed by atoms with E-state index in [-0.39, 0.29) is 0 Å². The lowest BCUT2D eigenvalue weighted by atomic mass is 10.0. The van der Waals surface area contributed by atoms with Crippen molar-refractivity contribution in [3.8, 4) is 11.5 Å². The fourth-order valence-electron chi connectivity index (χ4n) is 2.94. The molecule has 7 nitrogen and oxygen atoms in total. The summed E-state index contributed by atoms with van der Waals surface area (Å²) in [6, 6.07) is 8.23. The van der Waals surface area contributed by atoms with E-state index in [1.54, 1.807) is 36.5 Å². The Hall–Kier alpha value is -2.80. The molecule has 1 aromatic carbocycles. The van der Waals surface area contributed by atoms with Crippen molar-refractivity contribution in [2.75, 3.05) is 23.9 Å². The molecule has 148 valence electrons. The van der Waals surface area contributed by atoms with Gasteiger partial charge >= 0.3 is 0 Å². The number of halogens is 1. The average Bonchev–Trinajstić information content (AvgIpc) is 2.68. The van der Waals surface area contributed by atoms with Gasteiger partial charge in [-0.2, -0.15) is 0 Å². The summed E-state index contributed by atoms with van der Waals surface area (Å²) < 4.78 is 10.9. The van der Waals surface area contributed by atoms with Gasteiger partial charge in [0.15, 0.2) is 11.6 Å². The first-order valence-electron chi connectivity index (χ1n) is 9.01. The molecule has 0 aliphatic carbocycles. The van der Waals surface area contributed by atoms with Crippen molar-refractivity contribution in [2.24, 2.45) is 0 Å². The van der Waals surface area contributed by atoms with E-state index < -0.39 is 17.4 Å². The van der Waals surface area contributed by atoms with Crippen LogP contribution in [0.5, 0.6) is 11.5 Å². The van der Waals surface area contributed by atoms with Gasteiger partial charge in [0.2, 0.25) is 0 Å². The number of nitrogens with zero attached hydrogens (tertiary/aromatic N) is 2. The quantitative estimate of drug-likeness (QED) is 0.744. The fourth-order valence-corrected chi connectivity index (χ4v) is 3.20. The number of pyridine rings is 1. The third-order valence-electron chi connectivity index (χ3n) is 4.55. The zero-order chi connectivity index (χ0) is 20.3. The van der Waals surface area contributed by atoms with E-state index in [9.17, 15) is 9.59 Å².